The van der Waals surface area contributed by atoms with Gasteiger partial charge in [-0.3, -0.25) is 9.78 Å². The number of anilines is 1. The molecule has 5 nitrogen and oxygen atoms in total. The van der Waals surface area contributed by atoms with E-state index in [1.807, 2.05) is 43.3 Å². The fraction of sp³-hybridized carbons (Fsp3) is 0.250. The molecule has 1 unspecified atom stereocenters. The van der Waals surface area contributed by atoms with Crippen LogP contribution < -0.4 is 15.4 Å². The number of para-hydroxylation sites is 2. The zero-order valence-electron chi connectivity index (χ0n) is 11.7. The summed E-state index contributed by atoms with van der Waals surface area (Å²) in [6, 6.07) is 11.3. The third-order valence-electron chi connectivity index (χ3n) is 3.49. The van der Waals surface area contributed by atoms with E-state index < -0.39 is 6.10 Å². The van der Waals surface area contributed by atoms with Gasteiger partial charge >= 0.3 is 0 Å². The zero-order valence-corrected chi connectivity index (χ0v) is 11.7. The van der Waals surface area contributed by atoms with E-state index in [0.717, 1.165) is 11.3 Å². The molecule has 0 spiro atoms. The van der Waals surface area contributed by atoms with E-state index in [9.17, 15) is 4.79 Å². The molecule has 1 amide bonds. The Hall–Kier alpha value is -2.56. The molecule has 0 radical (unpaired) electrons. The lowest BCUT2D eigenvalue weighted by Crippen LogP contribution is -2.45. The Balaban J connectivity index is 1.65. The smallest absolute Gasteiger partial charge is 0.263 e. The van der Waals surface area contributed by atoms with Crippen LogP contribution in [0.15, 0.2) is 48.8 Å². The molecule has 0 aliphatic carbocycles. The maximum atomic E-state index is 12.3. The summed E-state index contributed by atoms with van der Waals surface area (Å²) >= 11 is 0. The molecular formula is C16H17N3O2. The first-order chi connectivity index (χ1) is 10.2. The van der Waals surface area contributed by atoms with Crippen LogP contribution in [0.1, 0.15) is 18.5 Å². The Kier molecular flexibility index (Phi) is 3.73. The first-order valence-electron chi connectivity index (χ1n) is 6.94. The van der Waals surface area contributed by atoms with Gasteiger partial charge in [-0.1, -0.05) is 12.1 Å². The predicted octanol–water partition coefficient (Wildman–Crippen LogP) is 2.13. The Morgan fingerprint density at radius 1 is 1.33 bits per heavy atom. The average molecular weight is 283 g/mol. The number of hydrogen-bond donors (Lipinski definition) is 2. The van der Waals surface area contributed by atoms with Crippen molar-refractivity contribution >= 4 is 11.6 Å². The maximum absolute atomic E-state index is 12.3. The molecule has 1 aromatic carbocycles. The third-order valence-corrected chi connectivity index (χ3v) is 3.49. The molecule has 3 rings (SSSR count). The molecule has 2 aromatic rings. The second kappa shape index (κ2) is 5.83. The Morgan fingerprint density at radius 3 is 2.90 bits per heavy atom. The minimum atomic E-state index is -0.524. The van der Waals surface area contributed by atoms with Crippen molar-refractivity contribution in [3.63, 3.8) is 0 Å². The molecule has 2 N–H and O–H groups in total. The number of rotatable bonds is 3. The second-order valence-corrected chi connectivity index (χ2v) is 4.99. The lowest BCUT2D eigenvalue weighted by molar-refractivity contribution is -0.128. The van der Waals surface area contributed by atoms with E-state index in [1.165, 1.54) is 0 Å². The van der Waals surface area contributed by atoms with Gasteiger partial charge < -0.3 is 15.4 Å². The number of carbonyl (C=O) groups excluding carboxylic acids is 1. The normalized spacial score (nSPS) is 17.9. The van der Waals surface area contributed by atoms with E-state index in [1.54, 1.807) is 12.4 Å². The van der Waals surface area contributed by atoms with Crippen LogP contribution in [0.3, 0.4) is 0 Å². The minimum absolute atomic E-state index is 0.0822. The standard InChI is InChI=1S/C16H17N3O2/c1-11(12-6-8-17-9-7-12)19-16(20)15-10-18-13-4-2-3-5-14(13)21-15/h2-9,11,15,18H,10H2,1H3,(H,19,20)/t11-,15?/m0/s1. The van der Waals surface area contributed by atoms with Gasteiger partial charge in [0.05, 0.1) is 18.3 Å². The first kappa shape index (κ1) is 13.4. The van der Waals surface area contributed by atoms with Crippen molar-refractivity contribution in [2.75, 3.05) is 11.9 Å². The van der Waals surface area contributed by atoms with Gasteiger partial charge in [-0.25, -0.2) is 0 Å². The van der Waals surface area contributed by atoms with E-state index in [-0.39, 0.29) is 11.9 Å². The number of fused-ring (bicyclic) bond motifs is 1. The van der Waals surface area contributed by atoms with Gasteiger partial charge in [0.15, 0.2) is 6.10 Å². The summed E-state index contributed by atoms with van der Waals surface area (Å²) in [5, 5.41) is 6.18. The Labute approximate surface area is 123 Å². The van der Waals surface area contributed by atoms with E-state index in [4.69, 9.17) is 4.74 Å². The largest absolute Gasteiger partial charge is 0.477 e. The summed E-state index contributed by atoms with van der Waals surface area (Å²) in [6.07, 6.45) is 2.91. The van der Waals surface area contributed by atoms with Crippen LogP contribution >= 0.6 is 0 Å². The third kappa shape index (κ3) is 2.97. The molecule has 21 heavy (non-hydrogen) atoms. The maximum Gasteiger partial charge on any atom is 0.263 e. The van der Waals surface area contributed by atoms with Gasteiger partial charge in [-0.05, 0) is 36.8 Å². The highest BCUT2D eigenvalue weighted by Gasteiger charge is 2.26. The van der Waals surface area contributed by atoms with Crippen LogP contribution in [0.2, 0.25) is 0 Å². The highest BCUT2D eigenvalue weighted by atomic mass is 16.5. The van der Waals surface area contributed by atoms with Gasteiger partial charge in [0.1, 0.15) is 5.75 Å². The number of hydrogen-bond acceptors (Lipinski definition) is 4. The van der Waals surface area contributed by atoms with Crippen LogP contribution in [0, 0.1) is 0 Å². The SMILES string of the molecule is C[C@H](NC(=O)C1CNc2ccccc2O1)c1ccncc1. The summed E-state index contributed by atoms with van der Waals surface area (Å²) in [6.45, 7) is 2.41. The van der Waals surface area contributed by atoms with Gasteiger partial charge in [0.25, 0.3) is 5.91 Å². The van der Waals surface area contributed by atoms with Gasteiger partial charge in [-0.2, -0.15) is 0 Å². The number of pyridine rings is 1. The fourth-order valence-corrected chi connectivity index (χ4v) is 2.30. The van der Waals surface area contributed by atoms with Gasteiger partial charge in [0, 0.05) is 12.4 Å². The predicted molar refractivity (Wildman–Crippen MR) is 80.1 cm³/mol. The fourth-order valence-electron chi connectivity index (χ4n) is 2.30. The van der Waals surface area contributed by atoms with Gasteiger partial charge in [-0.15, -0.1) is 0 Å². The van der Waals surface area contributed by atoms with Crippen molar-refractivity contribution in [3.05, 3.63) is 54.4 Å². The molecule has 2 atom stereocenters. The molecule has 0 fully saturated rings. The van der Waals surface area contributed by atoms with Crippen molar-refractivity contribution in [2.45, 2.75) is 19.1 Å². The lowest BCUT2D eigenvalue weighted by atomic mass is 10.1. The Bertz CT molecular complexity index is 630. The van der Waals surface area contributed by atoms with Gasteiger partial charge in [0.2, 0.25) is 0 Å². The van der Waals surface area contributed by atoms with E-state index in [2.05, 4.69) is 15.6 Å². The quantitative estimate of drug-likeness (QED) is 0.906. The molecule has 2 heterocycles. The number of carbonyl (C=O) groups is 1. The van der Waals surface area contributed by atoms with Crippen molar-refractivity contribution in [2.24, 2.45) is 0 Å². The van der Waals surface area contributed by atoms with Crippen molar-refractivity contribution in [1.82, 2.24) is 10.3 Å². The van der Waals surface area contributed by atoms with Crippen molar-refractivity contribution in [3.8, 4) is 5.75 Å². The number of amides is 1. The number of aromatic nitrogens is 1. The van der Waals surface area contributed by atoms with E-state index in [0.29, 0.717) is 12.3 Å². The number of nitrogens with zero attached hydrogens (tertiary/aromatic N) is 1. The molecule has 0 saturated heterocycles. The summed E-state index contributed by atoms with van der Waals surface area (Å²) in [7, 11) is 0. The summed E-state index contributed by atoms with van der Waals surface area (Å²) in [5.41, 5.74) is 1.94. The molecule has 5 heteroatoms. The molecule has 0 bridgehead atoms. The topological polar surface area (TPSA) is 63.2 Å². The highest BCUT2D eigenvalue weighted by Crippen LogP contribution is 2.28. The highest BCUT2D eigenvalue weighted by molar-refractivity contribution is 5.83. The Morgan fingerprint density at radius 2 is 2.10 bits per heavy atom. The number of nitrogens with one attached hydrogen (secondary N) is 2. The lowest BCUT2D eigenvalue weighted by Gasteiger charge is -2.27. The molecule has 0 saturated carbocycles. The van der Waals surface area contributed by atoms with E-state index >= 15 is 0 Å². The molecule has 108 valence electrons. The molecule has 1 aliphatic rings. The first-order valence-corrected chi connectivity index (χ1v) is 6.94. The molecular weight excluding hydrogens is 266 g/mol. The number of benzene rings is 1. The summed E-state index contributed by atoms with van der Waals surface area (Å²) < 4.78 is 5.74. The van der Waals surface area contributed by atoms with Crippen molar-refractivity contribution in [1.29, 1.82) is 0 Å². The number of ether oxygens (including phenoxy) is 1. The molecule has 1 aromatic heterocycles. The van der Waals surface area contributed by atoms with Crippen LogP contribution in [0.5, 0.6) is 5.75 Å². The van der Waals surface area contributed by atoms with Crippen LogP contribution in [-0.2, 0) is 4.79 Å². The minimum Gasteiger partial charge on any atom is -0.477 e. The molecule has 1 aliphatic heterocycles. The monoisotopic (exact) mass is 283 g/mol. The second-order valence-electron chi connectivity index (χ2n) is 4.99. The average Bonchev–Trinajstić information content (AvgIpc) is 2.55. The van der Waals surface area contributed by atoms with Crippen LogP contribution in [0.25, 0.3) is 0 Å². The summed E-state index contributed by atoms with van der Waals surface area (Å²) in [4.78, 5) is 16.3. The zero-order chi connectivity index (χ0) is 14.7. The van der Waals surface area contributed by atoms with Crippen LogP contribution in [-0.4, -0.2) is 23.5 Å². The van der Waals surface area contributed by atoms with Crippen LogP contribution in [0.4, 0.5) is 5.69 Å². The summed E-state index contributed by atoms with van der Waals surface area (Å²) in [5.74, 6) is 0.585. The van der Waals surface area contributed by atoms with Crippen molar-refractivity contribution < 1.29 is 9.53 Å².